The van der Waals surface area contributed by atoms with Crippen LogP contribution in [0, 0.1) is 6.92 Å². The summed E-state index contributed by atoms with van der Waals surface area (Å²) in [5.74, 6) is 1.58. The van der Waals surface area contributed by atoms with Gasteiger partial charge in [0.1, 0.15) is 11.5 Å². The average molecular weight is 410 g/mol. The van der Waals surface area contributed by atoms with Gasteiger partial charge in [-0.1, -0.05) is 29.8 Å². The maximum atomic E-state index is 6.51. The first kappa shape index (κ1) is 19.4. The highest BCUT2D eigenvalue weighted by atomic mass is 35.5. The number of nitrogens with one attached hydrogen (secondary N) is 2. The fourth-order valence-corrected chi connectivity index (χ4v) is 3.44. The van der Waals surface area contributed by atoms with Gasteiger partial charge in [-0.2, -0.15) is 5.10 Å². The van der Waals surface area contributed by atoms with Crippen LogP contribution >= 0.6 is 11.6 Å². The lowest BCUT2D eigenvalue weighted by Crippen LogP contribution is -2.29. The molecule has 0 bridgehead atoms. The Balaban J connectivity index is 1.82. The van der Waals surface area contributed by atoms with Crippen LogP contribution in [0.1, 0.15) is 16.8 Å². The van der Waals surface area contributed by atoms with Gasteiger partial charge in [0.25, 0.3) is 0 Å². The zero-order valence-corrected chi connectivity index (χ0v) is 17.7. The summed E-state index contributed by atoms with van der Waals surface area (Å²) in [6, 6.07) is 9.76. The second-order valence-corrected chi connectivity index (χ2v) is 7.83. The van der Waals surface area contributed by atoms with Crippen molar-refractivity contribution in [3.8, 4) is 0 Å². The molecule has 1 aliphatic rings. The number of hydrogen-bond acceptors (Lipinski definition) is 6. The van der Waals surface area contributed by atoms with E-state index in [1.165, 1.54) is 0 Å². The first-order valence-corrected chi connectivity index (χ1v) is 9.83. The molecule has 150 valence electrons. The van der Waals surface area contributed by atoms with Gasteiger partial charge in [-0.25, -0.2) is 9.98 Å². The number of pyridine rings is 1. The van der Waals surface area contributed by atoms with Gasteiger partial charge < -0.3 is 15.1 Å². The molecule has 2 N–H and O–H groups in total. The highest BCUT2D eigenvalue weighted by Crippen LogP contribution is 2.37. The summed E-state index contributed by atoms with van der Waals surface area (Å²) >= 11 is 6.51. The summed E-state index contributed by atoms with van der Waals surface area (Å²) in [5.41, 5.74) is 5.09. The van der Waals surface area contributed by atoms with Crippen LogP contribution in [0.3, 0.4) is 0 Å². The minimum atomic E-state index is 0.647. The number of anilines is 3. The molecule has 1 aliphatic heterocycles. The summed E-state index contributed by atoms with van der Waals surface area (Å²) in [4.78, 5) is 13.9. The normalized spacial score (nSPS) is 12.7. The Hall–Kier alpha value is -2.90. The minimum Gasteiger partial charge on any atom is -0.358 e. The quantitative estimate of drug-likeness (QED) is 0.521. The maximum absolute atomic E-state index is 6.51. The van der Waals surface area contributed by atoms with E-state index in [4.69, 9.17) is 21.6 Å². The van der Waals surface area contributed by atoms with Gasteiger partial charge in [-0.3, -0.25) is 5.10 Å². The lowest BCUT2D eigenvalue weighted by Gasteiger charge is -2.22. The van der Waals surface area contributed by atoms with Crippen molar-refractivity contribution in [3.63, 3.8) is 0 Å². The molecule has 2 aromatic heterocycles. The van der Waals surface area contributed by atoms with Crippen LogP contribution in [0.15, 0.2) is 41.5 Å². The molecule has 0 atom stereocenters. The van der Waals surface area contributed by atoms with Crippen LogP contribution in [-0.2, 0) is 0 Å². The van der Waals surface area contributed by atoms with Crippen LogP contribution < -0.4 is 10.2 Å². The van der Waals surface area contributed by atoms with Crippen molar-refractivity contribution in [3.05, 3.63) is 58.4 Å². The molecule has 0 saturated carbocycles. The topological polar surface area (TPSA) is 72.4 Å². The van der Waals surface area contributed by atoms with Crippen molar-refractivity contribution >= 4 is 40.3 Å². The number of hydrogen-bond donors (Lipinski definition) is 2. The van der Waals surface area contributed by atoms with Crippen molar-refractivity contribution < 1.29 is 0 Å². The van der Waals surface area contributed by atoms with E-state index in [0.29, 0.717) is 10.8 Å². The first-order valence-electron chi connectivity index (χ1n) is 9.46. The molecule has 0 radical (unpaired) electrons. The second kappa shape index (κ2) is 7.85. The molecule has 0 aliphatic carbocycles. The highest BCUT2D eigenvalue weighted by Gasteiger charge is 2.23. The number of aromatic amines is 1. The Bertz CT molecular complexity index is 1070. The molecular formula is C21H24ClN7. The zero-order valence-electron chi connectivity index (χ0n) is 17.0. The minimum absolute atomic E-state index is 0.647. The number of aliphatic imine (C=N–C) groups is 1. The highest BCUT2D eigenvalue weighted by molar-refractivity contribution is 6.36. The smallest absolute Gasteiger partial charge is 0.178 e. The Morgan fingerprint density at radius 1 is 1.07 bits per heavy atom. The standard InChI is InChI=1S/C21H24ClN7/c1-13-19-21(27-26-13)24-17-11-18(29(4)10-9-28(2)3)23-12-15(17)20(25-19)14-7-5-6-8-16(14)22/h5-8,11-12H,9-10H2,1-4H3,(H2,24,26,27). The van der Waals surface area contributed by atoms with E-state index in [1.54, 1.807) is 0 Å². The van der Waals surface area contributed by atoms with E-state index in [9.17, 15) is 0 Å². The number of fused-ring (bicyclic) bond motifs is 2. The second-order valence-electron chi connectivity index (χ2n) is 7.42. The monoisotopic (exact) mass is 409 g/mol. The molecule has 0 unspecified atom stereocenters. The fraction of sp³-hybridized carbons (Fsp3) is 0.286. The van der Waals surface area contributed by atoms with E-state index < -0.39 is 0 Å². The lowest BCUT2D eigenvalue weighted by atomic mass is 10.0. The van der Waals surface area contributed by atoms with Gasteiger partial charge in [0.05, 0.1) is 17.1 Å². The van der Waals surface area contributed by atoms with E-state index in [2.05, 4.69) is 39.4 Å². The number of halogens is 1. The van der Waals surface area contributed by atoms with E-state index in [-0.39, 0.29) is 0 Å². The van der Waals surface area contributed by atoms with Crippen LogP contribution in [0.25, 0.3) is 0 Å². The predicted octanol–water partition coefficient (Wildman–Crippen LogP) is 3.99. The molecule has 4 rings (SSSR count). The van der Waals surface area contributed by atoms with Gasteiger partial charge in [0.15, 0.2) is 5.82 Å². The molecule has 0 saturated heterocycles. The Kier molecular flexibility index (Phi) is 5.25. The molecule has 8 heteroatoms. The number of likely N-dealkylation sites (N-methyl/N-ethyl adjacent to an activating group) is 2. The van der Waals surface area contributed by atoms with Crippen LogP contribution in [0.2, 0.25) is 5.02 Å². The first-order chi connectivity index (χ1) is 13.9. The molecule has 0 spiro atoms. The number of aryl methyl sites for hydroxylation is 1. The summed E-state index contributed by atoms with van der Waals surface area (Å²) in [6.07, 6.45) is 1.86. The van der Waals surface area contributed by atoms with E-state index in [1.807, 2.05) is 50.5 Å². The molecule has 29 heavy (non-hydrogen) atoms. The van der Waals surface area contributed by atoms with Crippen LogP contribution in [-0.4, -0.2) is 60.0 Å². The number of nitrogens with zero attached hydrogens (tertiary/aromatic N) is 5. The average Bonchev–Trinajstić information content (AvgIpc) is 2.95. The van der Waals surface area contributed by atoms with Crippen molar-refractivity contribution in [2.45, 2.75) is 6.92 Å². The van der Waals surface area contributed by atoms with E-state index in [0.717, 1.165) is 52.8 Å². The third-order valence-electron chi connectivity index (χ3n) is 4.94. The van der Waals surface area contributed by atoms with Gasteiger partial charge in [-0.15, -0.1) is 0 Å². The fourth-order valence-electron chi connectivity index (χ4n) is 3.22. The summed E-state index contributed by atoms with van der Waals surface area (Å²) in [6.45, 7) is 3.77. The zero-order chi connectivity index (χ0) is 20.5. The van der Waals surface area contributed by atoms with Crippen molar-refractivity contribution in [1.82, 2.24) is 20.1 Å². The van der Waals surface area contributed by atoms with Crippen molar-refractivity contribution in [2.75, 3.05) is 44.4 Å². The molecule has 1 aromatic carbocycles. The number of rotatable bonds is 5. The van der Waals surface area contributed by atoms with Gasteiger partial charge >= 0.3 is 0 Å². The number of benzene rings is 1. The van der Waals surface area contributed by atoms with Gasteiger partial charge in [-0.05, 0) is 27.1 Å². The van der Waals surface area contributed by atoms with Crippen LogP contribution in [0.5, 0.6) is 0 Å². The van der Waals surface area contributed by atoms with E-state index >= 15 is 0 Å². The van der Waals surface area contributed by atoms with Gasteiger partial charge in [0, 0.05) is 48.5 Å². The molecular weight excluding hydrogens is 386 g/mol. The van der Waals surface area contributed by atoms with Crippen molar-refractivity contribution in [2.24, 2.45) is 4.99 Å². The Labute approximate surface area is 175 Å². The summed E-state index contributed by atoms with van der Waals surface area (Å²) in [7, 11) is 6.17. The molecule has 0 amide bonds. The van der Waals surface area contributed by atoms with Crippen LogP contribution in [0.4, 0.5) is 23.0 Å². The lowest BCUT2D eigenvalue weighted by molar-refractivity contribution is 0.416. The third kappa shape index (κ3) is 3.83. The van der Waals surface area contributed by atoms with Crippen molar-refractivity contribution in [1.29, 1.82) is 0 Å². The maximum Gasteiger partial charge on any atom is 0.178 e. The molecule has 7 nitrogen and oxygen atoms in total. The summed E-state index contributed by atoms with van der Waals surface area (Å²) < 4.78 is 0. The Morgan fingerprint density at radius 2 is 1.86 bits per heavy atom. The molecule has 3 heterocycles. The SMILES string of the molecule is Cc1[nH]nc2c1N=C(c1ccccc1Cl)c1cnc(N(C)CCN(C)C)cc1N2. The predicted molar refractivity (Wildman–Crippen MR) is 119 cm³/mol. The van der Waals surface area contributed by atoms with Gasteiger partial charge in [0.2, 0.25) is 0 Å². The largest absolute Gasteiger partial charge is 0.358 e. The Morgan fingerprint density at radius 3 is 2.62 bits per heavy atom. The third-order valence-corrected chi connectivity index (χ3v) is 5.27. The number of aromatic nitrogens is 3. The summed E-state index contributed by atoms with van der Waals surface area (Å²) in [5, 5.41) is 11.5. The molecule has 3 aromatic rings. The number of H-pyrrole nitrogens is 1. The molecule has 0 fully saturated rings.